The van der Waals surface area contributed by atoms with E-state index in [4.69, 9.17) is 14.4 Å². The zero-order valence-electron chi connectivity index (χ0n) is 9.77. The van der Waals surface area contributed by atoms with Gasteiger partial charge in [-0.1, -0.05) is 11.2 Å². The third-order valence-electron chi connectivity index (χ3n) is 3.06. The van der Waals surface area contributed by atoms with Crippen LogP contribution < -0.4 is 4.74 Å². The van der Waals surface area contributed by atoms with Crippen LogP contribution >= 0.6 is 0 Å². The van der Waals surface area contributed by atoms with Gasteiger partial charge in [0.2, 0.25) is 5.76 Å². The summed E-state index contributed by atoms with van der Waals surface area (Å²) in [6, 6.07) is 5.32. The normalized spacial score (nSPS) is 13.2. The molecule has 2 heterocycles. The quantitative estimate of drug-likeness (QED) is 0.878. The lowest BCUT2D eigenvalue weighted by molar-refractivity contribution is 0.0652. The second kappa shape index (κ2) is 3.87. The first kappa shape index (κ1) is 10.8. The Kier molecular flexibility index (Phi) is 2.33. The summed E-state index contributed by atoms with van der Waals surface area (Å²) in [7, 11) is 0. The molecule has 92 valence electrons. The molecule has 1 aromatic carbocycles. The second-order valence-electron chi connectivity index (χ2n) is 4.21. The van der Waals surface area contributed by atoms with Crippen LogP contribution in [0.4, 0.5) is 0 Å². The Morgan fingerprint density at radius 3 is 3.00 bits per heavy atom. The molecule has 1 aliphatic rings. The van der Waals surface area contributed by atoms with E-state index in [9.17, 15) is 4.79 Å². The number of nitrogens with zero attached hydrogens (tertiary/aromatic N) is 1. The number of carbonyl (C=O) groups is 1. The Morgan fingerprint density at radius 2 is 2.28 bits per heavy atom. The highest BCUT2D eigenvalue weighted by Crippen LogP contribution is 2.36. The van der Waals surface area contributed by atoms with Gasteiger partial charge in [-0.3, -0.25) is 0 Å². The highest BCUT2D eigenvalue weighted by molar-refractivity contribution is 5.86. The lowest BCUT2D eigenvalue weighted by Crippen LogP contribution is -1.92. The van der Waals surface area contributed by atoms with Crippen molar-refractivity contribution >= 4 is 5.97 Å². The van der Waals surface area contributed by atoms with E-state index >= 15 is 0 Å². The monoisotopic (exact) mass is 245 g/mol. The number of rotatable bonds is 2. The molecule has 0 saturated carbocycles. The number of ether oxygens (including phenoxy) is 1. The molecule has 0 radical (unpaired) electrons. The summed E-state index contributed by atoms with van der Waals surface area (Å²) in [4.78, 5) is 10.8. The number of carboxylic acid groups (broad SMARTS) is 1. The standard InChI is InChI=1S/C13H11NO4/c1-7-2-3-10-8(4-5-17-10)12(7)9-6-11(13(15)16)18-14-9/h2-3,6H,4-5H2,1H3,(H,15,16). The lowest BCUT2D eigenvalue weighted by Gasteiger charge is -2.07. The molecule has 2 aromatic rings. The van der Waals surface area contributed by atoms with Gasteiger partial charge >= 0.3 is 5.97 Å². The molecule has 0 atom stereocenters. The number of hydrogen-bond donors (Lipinski definition) is 1. The van der Waals surface area contributed by atoms with Crippen molar-refractivity contribution in [2.24, 2.45) is 0 Å². The van der Waals surface area contributed by atoms with Crippen LogP contribution in [-0.2, 0) is 6.42 Å². The predicted octanol–water partition coefficient (Wildman–Crippen LogP) is 2.28. The summed E-state index contributed by atoms with van der Waals surface area (Å²) < 4.78 is 10.3. The summed E-state index contributed by atoms with van der Waals surface area (Å²) in [6.07, 6.45) is 0.807. The van der Waals surface area contributed by atoms with E-state index < -0.39 is 5.97 Å². The van der Waals surface area contributed by atoms with E-state index in [1.54, 1.807) is 0 Å². The molecule has 5 heteroatoms. The van der Waals surface area contributed by atoms with E-state index in [-0.39, 0.29) is 5.76 Å². The third kappa shape index (κ3) is 1.55. The Balaban J connectivity index is 2.16. The molecule has 18 heavy (non-hydrogen) atoms. The summed E-state index contributed by atoms with van der Waals surface area (Å²) in [6.45, 7) is 2.61. The Hall–Kier alpha value is -2.30. The van der Waals surface area contributed by atoms with Gasteiger partial charge in [-0.15, -0.1) is 0 Å². The molecule has 0 unspecified atom stereocenters. The predicted molar refractivity (Wildman–Crippen MR) is 62.8 cm³/mol. The highest BCUT2D eigenvalue weighted by atomic mass is 16.5. The van der Waals surface area contributed by atoms with Crippen LogP contribution in [0, 0.1) is 6.92 Å². The summed E-state index contributed by atoms with van der Waals surface area (Å²) in [5.74, 6) is -0.424. The van der Waals surface area contributed by atoms with Crippen LogP contribution in [0.5, 0.6) is 5.75 Å². The first-order valence-corrected chi connectivity index (χ1v) is 5.62. The molecule has 0 saturated heterocycles. The fraction of sp³-hybridized carbons (Fsp3) is 0.231. The average molecular weight is 245 g/mol. The SMILES string of the molecule is Cc1ccc2c(c1-c1cc(C(=O)O)on1)CCO2. The van der Waals surface area contributed by atoms with E-state index in [2.05, 4.69) is 5.16 Å². The van der Waals surface area contributed by atoms with Crippen molar-refractivity contribution in [2.75, 3.05) is 6.61 Å². The van der Waals surface area contributed by atoms with Crippen LogP contribution in [0.15, 0.2) is 22.7 Å². The minimum Gasteiger partial charge on any atom is -0.493 e. The van der Waals surface area contributed by atoms with Crippen LogP contribution in [0.1, 0.15) is 21.7 Å². The molecular weight excluding hydrogens is 234 g/mol. The lowest BCUT2D eigenvalue weighted by atomic mass is 9.97. The second-order valence-corrected chi connectivity index (χ2v) is 4.21. The Labute approximate surface area is 103 Å². The number of aromatic carboxylic acids is 1. The van der Waals surface area contributed by atoms with E-state index in [0.29, 0.717) is 12.3 Å². The summed E-state index contributed by atoms with van der Waals surface area (Å²) in [5, 5.41) is 12.7. The van der Waals surface area contributed by atoms with Crippen molar-refractivity contribution in [3.8, 4) is 17.0 Å². The van der Waals surface area contributed by atoms with E-state index in [0.717, 1.165) is 28.9 Å². The topological polar surface area (TPSA) is 72.6 Å². The number of benzene rings is 1. The first-order valence-electron chi connectivity index (χ1n) is 5.62. The minimum absolute atomic E-state index is 0.152. The maximum absolute atomic E-state index is 10.8. The van der Waals surface area contributed by atoms with Crippen molar-refractivity contribution in [1.82, 2.24) is 5.16 Å². The van der Waals surface area contributed by atoms with Crippen LogP contribution in [-0.4, -0.2) is 22.8 Å². The average Bonchev–Trinajstić information content (AvgIpc) is 2.95. The van der Waals surface area contributed by atoms with Gasteiger partial charge in [0.05, 0.1) is 6.61 Å². The maximum atomic E-state index is 10.8. The first-order chi connectivity index (χ1) is 8.66. The zero-order chi connectivity index (χ0) is 12.7. The van der Waals surface area contributed by atoms with Gasteiger partial charge in [0.1, 0.15) is 11.4 Å². The fourth-order valence-corrected chi connectivity index (χ4v) is 2.24. The maximum Gasteiger partial charge on any atom is 0.374 e. The molecule has 0 aliphatic carbocycles. The number of carboxylic acids is 1. The fourth-order valence-electron chi connectivity index (χ4n) is 2.24. The van der Waals surface area contributed by atoms with Gasteiger partial charge in [-0.2, -0.15) is 0 Å². The minimum atomic E-state index is -1.12. The molecule has 0 fully saturated rings. The number of aryl methyl sites for hydroxylation is 1. The van der Waals surface area contributed by atoms with Gasteiger partial charge in [-0.05, 0) is 18.6 Å². The van der Waals surface area contributed by atoms with Crippen molar-refractivity contribution in [2.45, 2.75) is 13.3 Å². The zero-order valence-corrected chi connectivity index (χ0v) is 9.77. The summed E-state index contributed by atoms with van der Waals surface area (Å²) >= 11 is 0. The van der Waals surface area contributed by atoms with Gasteiger partial charge in [0.15, 0.2) is 0 Å². The smallest absolute Gasteiger partial charge is 0.374 e. The number of aromatic nitrogens is 1. The van der Waals surface area contributed by atoms with Gasteiger partial charge in [0.25, 0.3) is 0 Å². The highest BCUT2D eigenvalue weighted by Gasteiger charge is 2.22. The molecule has 3 rings (SSSR count). The summed E-state index contributed by atoms with van der Waals surface area (Å²) in [5.41, 5.74) is 3.57. The number of fused-ring (bicyclic) bond motifs is 1. The van der Waals surface area contributed by atoms with Crippen LogP contribution in [0.3, 0.4) is 0 Å². The molecule has 1 N–H and O–H groups in total. The van der Waals surface area contributed by atoms with Crippen molar-refractivity contribution < 1.29 is 19.2 Å². The van der Waals surface area contributed by atoms with Crippen LogP contribution in [0.2, 0.25) is 0 Å². The largest absolute Gasteiger partial charge is 0.493 e. The molecular formula is C13H11NO4. The van der Waals surface area contributed by atoms with E-state index in [1.165, 1.54) is 6.07 Å². The molecule has 0 amide bonds. The molecule has 0 bridgehead atoms. The van der Waals surface area contributed by atoms with Crippen molar-refractivity contribution in [1.29, 1.82) is 0 Å². The third-order valence-corrected chi connectivity index (χ3v) is 3.06. The van der Waals surface area contributed by atoms with Gasteiger partial charge < -0.3 is 14.4 Å². The molecule has 1 aliphatic heterocycles. The molecule has 0 spiro atoms. The van der Waals surface area contributed by atoms with Crippen molar-refractivity contribution in [3.63, 3.8) is 0 Å². The Morgan fingerprint density at radius 1 is 1.44 bits per heavy atom. The van der Waals surface area contributed by atoms with Crippen molar-refractivity contribution in [3.05, 3.63) is 35.1 Å². The van der Waals surface area contributed by atoms with Gasteiger partial charge in [-0.25, -0.2) is 4.79 Å². The number of hydrogen-bond acceptors (Lipinski definition) is 4. The Bertz CT molecular complexity index is 630. The molecule has 1 aromatic heterocycles. The van der Waals surface area contributed by atoms with E-state index in [1.807, 2.05) is 19.1 Å². The van der Waals surface area contributed by atoms with Gasteiger partial charge in [0, 0.05) is 23.6 Å². The molecule has 5 nitrogen and oxygen atoms in total. The van der Waals surface area contributed by atoms with Crippen LogP contribution in [0.25, 0.3) is 11.3 Å².